The summed E-state index contributed by atoms with van der Waals surface area (Å²) < 4.78 is 5.22. The Morgan fingerprint density at radius 2 is 2.05 bits per heavy atom. The number of hydrogen-bond donors (Lipinski definition) is 2. The van der Waals surface area contributed by atoms with Gasteiger partial charge in [-0.3, -0.25) is 4.79 Å². The number of carbonyl (C=O) groups excluding carboxylic acids is 1. The smallest absolute Gasteiger partial charge is 0.289 e. The molecule has 1 aromatic carbocycles. The Morgan fingerprint density at radius 1 is 1.35 bits per heavy atom. The van der Waals surface area contributed by atoms with Crippen LogP contribution in [-0.4, -0.2) is 28.6 Å². The van der Waals surface area contributed by atoms with Crippen LogP contribution in [0.15, 0.2) is 34.7 Å². The average molecular weight is 274 g/mol. The van der Waals surface area contributed by atoms with Crippen molar-refractivity contribution in [1.29, 1.82) is 0 Å². The predicted octanol–water partition coefficient (Wildman–Crippen LogP) is 1.62. The molecular formula is C15H18N2O3. The molecule has 0 fully saturated rings. The van der Waals surface area contributed by atoms with Crippen molar-refractivity contribution in [3.05, 3.63) is 53.2 Å². The lowest BCUT2D eigenvalue weighted by Crippen LogP contribution is -2.33. The zero-order chi connectivity index (χ0) is 14.5. The van der Waals surface area contributed by atoms with Crippen molar-refractivity contribution in [2.24, 2.45) is 0 Å². The molecule has 2 rings (SSSR count). The van der Waals surface area contributed by atoms with Gasteiger partial charge in [-0.1, -0.05) is 30.3 Å². The highest BCUT2D eigenvalue weighted by atomic mass is 16.4. The van der Waals surface area contributed by atoms with Crippen LogP contribution in [0.4, 0.5) is 0 Å². The van der Waals surface area contributed by atoms with Gasteiger partial charge in [-0.15, -0.1) is 0 Å². The van der Waals surface area contributed by atoms with E-state index >= 15 is 0 Å². The number of nitrogens with one attached hydrogen (secondary N) is 1. The quantitative estimate of drug-likeness (QED) is 0.869. The summed E-state index contributed by atoms with van der Waals surface area (Å²) in [4.78, 5) is 15.9. The Kier molecular flexibility index (Phi) is 4.53. The zero-order valence-corrected chi connectivity index (χ0v) is 11.6. The van der Waals surface area contributed by atoms with Gasteiger partial charge in [-0.25, -0.2) is 4.98 Å². The fourth-order valence-corrected chi connectivity index (χ4v) is 1.99. The third kappa shape index (κ3) is 3.68. The summed E-state index contributed by atoms with van der Waals surface area (Å²) in [5.74, 6) is 0.308. The first-order valence-electron chi connectivity index (χ1n) is 6.50. The SMILES string of the molecule is Cc1nc(C)c(C(=O)NC[C@@H](O)Cc2ccccc2)o1. The number of amides is 1. The van der Waals surface area contributed by atoms with E-state index in [1.165, 1.54) is 0 Å². The Labute approximate surface area is 117 Å². The van der Waals surface area contributed by atoms with E-state index in [9.17, 15) is 9.90 Å². The average Bonchev–Trinajstić information content (AvgIpc) is 2.76. The molecule has 2 N–H and O–H groups in total. The topological polar surface area (TPSA) is 75.4 Å². The van der Waals surface area contributed by atoms with Crippen LogP contribution in [0, 0.1) is 13.8 Å². The molecule has 0 aliphatic heterocycles. The monoisotopic (exact) mass is 274 g/mol. The second-order valence-corrected chi connectivity index (χ2v) is 4.70. The van der Waals surface area contributed by atoms with Gasteiger partial charge in [0.25, 0.3) is 5.91 Å². The molecule has 106 valence electrons. The first-order valence-corrected chi connectivity index (χ1v) is 6.50. The number of hydrogen-bond acceptors (Lipinski definition) is 4. The number of aromatic nitrogens is 1. The van der Waals surface area contributed by atoms with Crippen LogP contribution in [0.3, 0.4) is 0 Å². The summed E-state index contributed by atoms with van der Waals surface area (Å²) in [6.45, 7) is 3.58. The molecule has 0 saturated carbocycles. The molecule has 1 aromatic heterocycles. The van der Waals surface area contributed by atoms with Gasteiger partial charge in [0, 0.05) is 19.9 Å². The second-order valence-electron chi connectivity index (χ2n) is 4.70. The predicted molar refractivity (Wildman–Crippen MR) is 74.5 cm³/mol. The van der Waals surface area contributed by atoms with E-state index in [2.05, 4.69) is 10.3 Å². The molecule has 20 heavy (non-hydrogen) atoms. The number of aliphatic hydroxyl groups excluding tert-OH is 1. The van der Waals surface area contributed by atoms with Gasteiger partial charge in [-0.2, -0.15) is 0 Å². The van der Waals surface area contributed by atoms with Crippen molar-refractivity contribution in [3.8, 4) is 0 Å². The van der Waals surface area contributed by atoms with Crippen LogP contribution in [0.1, 0.15) is 27.7 Å². The first-order chi connectivity index (χ1) is 9.56. The summed E-state index contributed by atoms with van der Waals surface area (Å²) >= 11 is 0. The van der Waals surface area contributed by atoms with Crippen molar-refractivity contribution in [1.82, 2.24) is 10.3 Å². The molecule has 0 spiro atoms. The summed E-state index contributed by atoms with van der Waals surface area (Å²) in [5, 5.41) is 12.6. The molecule has 0 saturated heterocycles. The van der Waals surface area contributed by atoms with E-state index in [4.69, 9.17) is 4.42 Å². The lowest BCUT2D eigenvalue weighted by molar-refractivity contribution is 0.0886. The highest BCUT2D eigenvalue weighted by molar-refractivity contribution is 5.92. The third-order valence-corrected chi connectivity index (χ3v) is 2.92. The summed E-state index contributed by atoms with van der Waals surface area (Å²) in [5.41, 5.74) is 1.58. The van der Waals surface area contributed by atoms with E-state index in [1.807, 2.05) is 30.3 Å². The lowest BCUT2D eigenvalue weighted by atomic mass is 10.1. The number of oxazole rings is 1. The summed E-state index contributed by atoms with van der Waals surface area (Å²) in [7, 11) is 0. The Bertz CT molecular complexity index is 578. The van der Waals surface area contributed by atoms with Crippen molar-refractivity contribution >= 4 is 5.91 Å². The number of benzene rings is 1. The van der Waals surface area contributed by atoms with Gasteiger partial charge in [0.2, 0.25) is 5.76 Å². The van der Waals surface area contributed by atoms with E-state index in [0.29, 0.717) is 18.0 Å². The maximum atomic E-state index is 11.9. The molecule has 0 aliphatic rings. The van der Waals surface area contributed by atoms with E-state index < -0.39 is 6.10 Å². The van der Waals surface area contributed by atoms with E-state index in [1.54, 1.807) is 13.8 Å². The molecule has 2 aromatic rings. The molecule has 5 nitrogen and oxygen atoms in total. The minimum absolute atomic E-state index is 0.174. The van der Waals surface area contributed by atoms with Crippen LogP contribution in [0.2, 0.25) is 0 Å². The minimum atomic E-state index is -0.634. The summed E-state index contributed by atoms with van der Waals surface area (Å²) in [6, 6.07) is 9.64. The molecule has 1 amide bonds. The Hall–Kier alpha value is -2.14. The maximum absolute atomic E-state index is 11.9. The number of carbonyl (C=O) groups is 1. The van der Waals surface area contributed by atoms with Gasteiger partial charge in [0.15, 0.2) is 5.89 Å². The molecule has 5 heteroatoms. The van der Waals surface area contributed by atoms with Crippen LogP contribution in [-0.2, 0) is 6.42 Å². The minimum Gasteiger partial charge on any atom is -0.436 e. The largest absolute Gasteiger partial charge is 0.436 e. The van der Waals surface area contributed by atoms with Gasteiger partial charge in [0.1, 0.15) is 0 Å². The Balaban J connectivity index is 1.86. The highest BCUT2D eigenvalue weighted by Gasteiger charge is 2.16. The molecule has 1 atom stereocenters. The first kappa shape index (κ1) is 14.3. The summed E-state index contributed by atoms with van der Waals surface area (Å²) in [6.07, 6.45) is -0.138. The molecule has 0 radical (unpaired) electrons. The zero-order valence-electron chi connectivity index (χ0n) is 11.6. The van der Waals surface area contributed by atoms with Gasteiger partial charge >= 0.3 is 0 Å². The third-order valence-electron chi connectivity index (χ3n) is 2.92. The van der Waals surface area contributed by atoms with Crippen molar-refractivity contribution in [2.45, 2.75) is 26.4 Å². The van der Waals surface area contributed by atoms with Gasteiger partial charge < -0.3 is 14.8 Å². The van der Waals surface area contributed by atoms with E-state index in [0.717, 1.165) is 5.56 Å². The molecule has 0 aliphatic carbocycles. The van der Waals surface area contributed by atoms with E-state index in [-0.39, 0.29) is 18.2 Å². The normalized spacial score (nSPS) is 12.2. The highest BCUT2D eigenvalue weighted by Crippen LogP contribution is 2.09. The van der Waals surface area contributed by atoms with Crippen LogP contribution in [0.5, 0.6) is 0 Å². The van der Waals surface area contributed by atoms with Crippen LogP contribution >= 0.6 is 0 Å². The van der Waals surface area contributed by atoms with Gasteiger partial charge in [0.05, 0.1) is 11.8 Å². The second kappa shape index (κ2) is 6.34. The van der Waals surface area contributed by atoms with Crippen molar-refractivity contribution in [3.63, 3.8) is 0 Å². The molecule has 0 bridgehead atoms. The fraction of sp³-hybridized carbons (Fsp3) is 0.333. The Morgan fingerprint density at radius 3 is 2.65 bits per heavy atom. The molecule has 1 heterocycles. The maximum Gasteiger partial charge on any atom is 0.289 e. The number of aryl methyl sites for hydroxylation is 2. The van der Waals surface area contributed by atoms with Crippen molar-refractivity contribution < 1.29 is 14.3 Å². The van der Waals surface area contributed by atoms with Crippen molar-refractivity contribution in [2.75, 3.05) is 6.54 Å². The molecular weight excluding hydrogens is 256 g/mol. The molecule has 0 unspecified atom stereocenters. The number of nitrogens with zero attached hydrogens (tertiary/aromatic N) is 1. The lowest BCUT2D eigenvalue weighted by Gasteiger charge is -2.11. The number of rotatable bonds is 5. The fourth-order valence-electron chi connectivity index (χ4n) is 1.99. The van der Waals surface area contributed by atoms with Crippen LogP contribution < -0.4 is 5.32 Å². The van der Waals surface area contributed by atoms with Gasteiger partial charge in [-0.05, 0) is 12.5 Å². The number of aliphatic hydroxyl groups is 1. The van der Waals surface area contributed by atoms with Crippen LogP contribution in [0.25, 0.3) is 0 Å². The standard InChI is InChI=1S/C15H18N2O3/c1-10-14(20-11(2)17-10)15(19)16-9-13(18)8-12-6-4-3-5-7-12/h3-7,13,18H,8-9H2,1-2H3,(H,16,19)/t13-/m0/s1.